The summed E-state index contributed by atoms with van der Waals surface area (Å²) in [5, 5.41) is 19.3. The van der Waals surface area contributed by atoms with Gasteiger partial charge in [0, 0.05) is 12.0 Å². The molecule has 1 amide bonds. The zero-order valence-corrected chi connectivity index (χ0v) is 15.6. The number of terminal acetylenes is 1. The fraction of sp³-hybridized carbons (Fsp3) is 0.294. The number of aromatic amines is 1. The number of aliphatic carboxylic acids is 1. The van der Waals surface area contributed by atoms with Crippen LogP contribution in [0.2, 0.25) is 0 Å². The third-order valence-corrected chi connectivity index (χ3v) is 5.93. The normalized spacial score (nSPS) is 13.2. The number of aromatic nitrogens is 3. The molecule has 2 rings (SSSR count). The van der Waals surface area contributed by atoms with Crippen LogP contribution in [0.4, 0.5) is 0 Å². The minimum Gasteiger partial charge on any atom is -0.481 e. The standard InChI is InChI=1S/C17H19N5O5S/c1-2-11-19-17(10-6-9-14(23)24,28(26,27)16-18-12-20-22-16)21-15(25)13-7-4-3-5-8-13/h1,3-5,7-8,12,19H,6,9-11H2,(H,21,25)(H,23,24)(H,18,20,22). The van der Waals surface area contributed by atoms with E-state index in [9.17, 15) is 18.0 Å². The van der Waals surface area contributed by atoms with Gasteiger partial charge in [-0.3, -0.25) is 14.9 Å². The molecule has 1 aromatic carbocycles. The molecule has 1 unspecified atom stereocenters. The Morgan fingerprint density at radius 3 is 2.57 bits per heavy atom. The summed E-state index contributed by atoms with van der Waals surface area (Å²) in [5.74, 6) is 0.486. The van der Waals surface area contributed by atoms with Gasteiger partial charge in [-0.2, -0.15) is 5.10 Å². The lowest BCUT2D eigenvalue weighted by molar-refractivity contribution is -0.137. The smallest absolute Gasteiger partial charge is 0.303 e. The summed E-state index contributed by atoms with van der Waals surface area (Å²) in [6.07, 6.45) is 5.67. The largest absolute Gasteiger partial charge is 0.481 e. The molecule has 0 spiro atoms. The molecule has 0 bridgehead atoms. The maximum Gasteiger partial charge on any atom is 0.303 e. The summed E-state index contributed by atoms with van der Waals surface area (Å²) < 4.78 is 26.5. The number of H-pyrrole nitrogens is 1. The number of rotatable bonds is 10. The van der Waals surface area contributed by atoms with Crippen LogP contribution in [0.3, 0.4) is 0 Å². The highest BCUT2D eigenvalue weighted by molar-refractivity contribution is 7.92. The molecule has 0 radical (unpaired) electrons. The second-order valence-corrected chi connectivity index (χ2v) is 7.84. The number of carbonyl (C=O) groups excluding carboxylic acids is 1. The first-order valence-electron chi connectivity index (χ1n) is 8.20. The van der Waals surface area contributed by atoms with Crippen molar-refractivity contribution in [2.24, 2.45) is 0 Å². The Bertz CT molecular complexity index is 954. The minimum atomic E-state index is -4.35. The number of hydrogen-bond donors (Lipinski definition) is 4. The lowest BCUT2D eigenvalue weighted by atomic mass is 10.1. The fourth-order valence-corrected chi connectivity index (χ4v) is 4.10. The summed E-state index contributed by atoms with van der Waals surface area (Å²) in [7, 11) is -4.35. The second kappa shape index (κ2) is 9.12. The maximum absolute atomic E-state index is 13.2. The number of carboxylic acid groups (broad SMARTS) is 1. The van der Waals surface area contributed by atoms with Crippen LogP contribution < -0.4 is 10.6 Å². The summed E-state index contributed by atoms with van der Waals surface area (Å²) in [6, 6.07) is 7.99. The van der Waals surface area contributed by atoms with Crippen LogP contribution in [-0.4, -0.2) is 52.1 Å². The number of nitrogens with one attached hydrogen (secondary N) is 3. The first kappa shape index (κ1) is 21.1. The molecule has 0 aliphatic rings. The first-order valence-corrected chi connectivity index (χ1v) is 9.68. The Morgan fingerprint density at radius 1 is 1.29 bits per heavy atom. The Balaban J connectivity index is 2.47. The monoisotopic (exact) mass is 405 g/mol. The molecular formula is C17H19N5O5S. The van der Waals surface area contributed by atoms with Crippen molar-refractivity contribution < 1.29 is 23.1 Å². The Morgan fingerprint density at radius 2 is 2.00 bits per heavy atom. The third kappa shape index (κ3) is 4.73. The minimum absolute atomic E-state index is 0.0463. The predicted octanol–water partition coefficient (Wildman–Crippen LogP) is 0.140. The van der Waals surface area contributed by atoms with E-state index in [1.807, 2.05) is 0 Å². The molecule has 148 valence electrons. The van der Waals surface area contributed by atoms with Crippen LogP contribution in [-0.2, 0) is 14.6 Å². The van der Waals surface area contributed by atoms with E-state index in [1.165, 1.54) is 12.1 Å². The second-order valence-electron chi connectivity index (χ2n) is 5.75. The third-order valence-electron chi connectivity index (χ3n) is 3.85. The molecule has 0 saturated heterocycles. The van der Waals surface area contributed by atoms with Gasteiger partial charge in [0.1, 0.15) is 6.33 Å². The van der Waals surface area contributed by atoms with E-state index in [2.05, 4.69) is 31.7 Å². The Labute approximate surface area is 161 Å². The number of amides is 1. The zero-order chi connectivity index (χ0) is 20.6. The fourth-order valence-electron chi connectivity index (χ4n) is 2.51. The van der Waals surface area contributed by atoms with Gasteiger partial charge in [-0.05, 0) is 25.0 Å². The van der Waals surface area contributed by atoms with Gasteiger partial charge in [0.15, 0.2) is 0 Å². The van der Waals surface area contributed by atoms with Gasteiger partial charge in [-0.1, -0.05) is 24.1 Å². The molecule has 1 aromatic heterocycles. The number of carboxylic acids is 1. The van der Waals surface area contributed by atoms with Crippen LogP contribution in [0.15, 0.2) is 41.8 Å². The highest BCUT2D eigenvalue weighted by Crippen LogP contribution is 2.25. The maximum atomic E-state index is 13.2. The van der Waals surface area contributed by atoms with Crippen molar-refractivity contribution in [2.75, 3.05) is 6.54 Å². The summed E-state index contributed by atoms with van der Waals surface area (Å²) in [6.45, 7) is -0.199. The number of sulfone groups is 1. The number of hydrogen-bond acceptors (Lipinski definition) is 7. The van der Waals surface area contributed by atoms with Gasteiger partial charge in [0.05, 0.1) is 6.54 Å². The van der Waals surface area contributed by atoms with Crippen LogP contribution in [0.1, 0.15) is 29.6 Å². The van der Waals surface area contributed by atoms with Crippen LogP contribution >= 0.6 is 0 Å². The van der Waals surface area contributed by atoms with Gasteiger partial charge < -0.3 is 10.4 Å². The predicted molar refractivity (Wildman–Crippen MR) is 98.5 cm³/mol. The van der Waals surface area contributed by atoms with E-state index in [4.69, 9.17) is 11.5 Å². The molecule has 4 N–H and O–H groups in total. The van der Waals surface area contributed by atoms with Crippen molar-refractivity contribution in [3.05, 3.63) is 42.2 Å². The molecule has 10 nitrogen and oxygen atoms in total. The number of nitrogens with zero attached hydrogens (tertiary/aromatic N) is 2. The van der Waals surface area contributed by atoms with E-state index in [1.54, 1.807) is 18.2 Å². The highest BCUT2D eigenvalue weighted by atomic mass is 32.2. The molecule has 28 heavy (non-hydrogen) atoms. The van der Waals surface area contributed by atoms with E-state index in [-0.39, 0.29) is 31.4 Å². The molecule has 2 aromatic rings. The summed E-state index contributed by atoms with van der Waals surface area (Å²) in [4.78, 5) is 25.2. The van der Waals surface area contributed by atoms with Gasteiger partial charge in [0.2, 0.25) is 10.2 Å². The van der Waals surface area contributed by atoms with Crippen LogP contribution in [0.5, 0.6) is 0 Å². The molecule has 11 heteroatoms. The molecular weight excluding hydrogens is 386 g/mol. The van der Waals surface area contributed by atoms with Crippen molar-refractivity contribution >= 4 is 21.7 Å². The van der Waals surface area contributed by atoms with E-state index < -0.39 is 31.9 Å². The van der Waals surface area contributed by atoms with Crippen molar-refractivity contribution in [1.82, 2.24) is 25.8 Å². The highest BCUT2D eigenvalue weighted by Gasteiger charge is 2.47. The van der Waals surface area contributed by atoms with Gasteiger partial charge in [-0.25, -0.2) is 18.5 Å². The lowest BCUT2D eigenvalue weighted by Gasteiger charge is -2.33. The molecule has 0 saturated carbocycles. The molecule has 1 heterocycles. The molecule has 1 atom stereocenters. The average molecular weight is 405 g/mol. The van der Waals surface area contributed by atoms with Crippen molar-refractivity contribution in [3.8, 4) is 12.3 Å². The Hall–Kier alpha value is -3.23. The van der Waals surface area contributed by atoms with Crippen molar-refractivity contribution in [1.29, 1.82) is 0 Å². The van der Waals surface area contributed by atoms with Gasteiger partial charge in [-0.15, -0.1) is 6.42 Å². The average Bonchev–Trinajstić information content (AvgIpc) is 3.21. The first-order chi connectivity index (χ1) is 13.3. The van der Waals surface area contributed by atoms with Crippen LogP contribution in [0, 0.1) is 12.3 Å². The van der Waals surface area contributed by atoms with Crippen molar-refractivity contribution in [2.45, 2.75) is 29.4 Å². The van der Waals surface area contributed by atoms with E-state index in [0.29, 0.717) is 0 Å². The number of benzene rings is 1. The SMILES string of the molecule is C#CCNC(CCCC(=O)O)(NC(=O)c1ccccc1)S(=O)(=O)c1ncn[nH]1. The molecule has 0 aliphatic carbocycles. The molecule has 0 fully saturated rings. The zero-order valence-electron chi connectivity index (χ0n) is 14.8. The van der Waals surface area contributed by atoms with E-state index in [0.717, 1.165) is 6.33 Å². The quantitative estimate of drug-likeness (QED) is 0.321. The van der Waals surface area contributed by atoms with Gasteiger partial charge >= 0.3 is 5.97 Å². The summed E-state index contributed by atoms with van der Waals surface area (Å²) in [5.41, 5.74) is 0.223. The van der Waals surface area contributed by atoms with Crippen LogP contribution in [0.25, 0.3) is 0 Å². The topological polar surface area (TPSA) is 154 Å². The van der Waals surface area contributed by atoms with Crippen molar-refractivity contribution in [3.63, 3.8) is 0 Å². The lowest BCUT2D eigenvalue weighted by Crippen LogP contribution is -2.64. The van der Waals surface area contributed by atoms with E-state index >= 15 is 0 Å². The molecule has 0 aliphatic heterocycles. The summed E-state index contributed by atoms with van der Waals surface area (Å²) >= 11 is 0. The number of carbonyl (C=O) groups is 2. The van der Waals surface area contributed by atoms with Gasteiger partial charge in [0.25, 0.3) is 15.7 Å². The Kier molecular flexibility index (Phi) is 6.86.